The Bertz CT molecular complexity index is 444. The minimum Gasteiger partial charge on any atom is -0.385 e. The molecule has 0 aliphatic heterocycles. The summed E-state index contributed by atoms with van der Waals surface area (Å²) in [5.74, 6) is 0.739. The van der Waals surface area contributed by atoms with Gasteiger partial charge in [0.1, 0.15) is 5.02 Å². The molecule has 0 bridgehead atoms. The molecular weight excluding hydrogens is 240 g/mol. The van der Waals surface area contributed by atoms with Crippen molar-refractivity contribution in [2.75, 3.05) is 11.9 Å². The molecule has 0 saturated heterocycles. The Balaban J connectivity index is 2.11. The fourth-order valence-electron chi connectivity index (χ4n) is 1.95. The monoisotopic (exact) mass is 254 g/mol. The van der Waals surface area contributed by atoms with Gasteiger partial charge in [0, 0.05) is 18.3 Å². The molecule has 1 aliphatic carbocycles. The van der Waals surface area contributed by atoms with Gasteiger partial charge in [0.25, 0.3) is 5.69 Å². The second-order valence-corrected chi connectivity index (χ2v) is 4.96. The number of hydrogen-bond donors (Lipinski definition) is 1. The molecule has 0 atom stereocenters. The van der Waals surface area contributed by atoms with Crippen LogP contribution >= 0.6 is 11.6 Å². The molecule has 0 radical (unpaired) electrons. The molecule has 1 aromatic carbocycles. The summed E-state index contributed by atoms with van der Waals surface area (Å²) in [6, 6.07) is 3.17. The average molecular weight is 255 g/mol. The first-order valence-electron chi connectivity index (χ1n) is 5.76. The molecule has 4 nitrogen and oxygen atoms in total. The molecule has 2 rings (SSSR count). The highest BCUT2D eigenvalue weighted by atomic mass is 35.5. The van der Waals surface area contributed by atoms with E-state index in [4.69, 9.17) is 11.6 Å². The lowest BCUT2D eigenvalue weighted by atomic mass is 9.85. The Morgan fingerprint density at radius 1 is 1.53 bits per heavy atom. The zero-order valence-electron chi connectivity index (χ0n) is 9.70. The Morgan fingerprint density at radius 2 is 2.24 bits per heavy atom. The molecule has 1 aromatic rings. The summed E-state index contributed by atoms with van der Waals surface area (Å²) in [6.07, 6.45) is 3.85. The summed E-state index contributed by atoms with van der Waals surface area (Å²) in [5, 5.41) is 14.2. The number of nitrogens with one attached hydrogen (secondary N) is 1. The van der Waals surface area contributed by atoms with Crippen LogP contribution in [0.1, 0.15) is 24.8 Å². The molecule has 0 heterocycles. The maximum Gasteiger partial charge on any atom is 0.288 e. The first kappa shape index (κ1) is 12.2. The van der Waals surface area contributed by atoms with Gasteiger partial charge in [0.2, 0.25) is 0 Å². The Labute approximate surface area is 105 Å². The summed E-state index contributed by atoms with van der Waals surface area (Å²) < 4.78 is 0. The van der Waals surface area contributed by atoms with Crippen molar-refractivity contribution in [1.29, 1.82) is 0 Å². The van der Waals surface area contributed by atoms with Crippen molar-refractivity contribution in [3.8, 4) is 0 Å². The summed E-state index contributed by atoms with van der Waals surface area (Å²) in [6.45, 7) is 2.78. The minimum absolute atomic E-state index is 0.0293. The molecule has 92 valence electrons. The molecule has 0 unspecified atom stereocenters. The molecule has 0 spiro atoms. The molecule has 0 aromatic heterocycles. The highest BCUT2D eigenvalue weighted by Crippen LogP contribution is 2.32. The third-order valence-corrected chi connectivity index (χ3v) is 3.60. The number of hydrogen-bond acceptors (Lipinski definition) is 3. The van der Waals surface area contributed by atoms with E-state index in [2.05, 4.69) is 5.32 Å². The fourth-order valence-corrected chi connectivity index (χ4v) is 2.18. The van der Waals surface area contributed by atoms with Crippen molar-refractivity contribution in [2.24, 2.45) is 5.92 Å². The van der Waals surface area contributed by atoms with Crippen molar-refractivity contribution in [3.05, 3.63) is 32.8 Å². The van der Waals surface area contributed by atoms with Crippen molar-refractivity contribution in [2.45, 2.75) is 26.2 Å². The Morgan fingerprint density at radius 3 is 2.76 bits per heavy atom. The average Bonchev–Trinajstić information content (AvgIpc) is 2.19. The first-order chi connectivity index (χ1) is 8.08. The summed E-state index contributed by atoms with van der Waals surface area (Å²) in [7, 11) is 0. The summed E-state index contributed by atoms with van der Waals surface area (Å²) >= 11 is 5.88. The largest absolute Gasteiger partial charge is 0.385 e. The first-order valence-corrected chi connectivity index (χ1v) is 6.14. The second-order valence-electron chi connectivity index (χ2n) is 4.55. The van der Waals surface area contributed by atoms with Crippen LogP contribution in [-0.4, -0.2) is 11.5 Å². The van der Waals surface area contributed by atoms with Crippen LogP contribution in [0.3, 0.4) is 0 Å². The molecule has 1 fully saturated rings. The highest BCUT2D eigenvalue weighted by molar-refractivity contribution is 6.33. The molecule has 1 saturated carbocycles. The van der Waals surface area contributed by atoms with E-state index in [1.165, 1.54) is 25.3 Å². The minimum atomic E-state index is -0.453. The maximum absolute atomic E-state index is 10.7. The van der Waals surface area contributed by atoms with Gasteiger partial charge in [-0.1, -0.05) is 18.0 Å². The topological polar surface area (TPSA) is 55.2 Å². The lowest BCUT2D eigenvalue weighted by Crippen LogP contribution is -2.21. The lowest BCUT2D eigenvalue weighted by Gasteiger charge is -2.26. The number of aryl methyl sites for hydroxylation is 1. The number of benzene rings is 1. The predicted octanol–water partition coefficient (Wildman–Crippen LogP) is 3.77. The summed E-state index contributed by atoms with van der Waals surface area (Å²) in [4.78, 5) is 10.3. The van der Waals surface area contributed by atoms with Crippen molar-refractivity contribution >= 4 is 23.0 Å². The van der Waals surface area contributed by atoms with Crippen LogP contribution in [-0.2, 0) is 0 Å². The quantitative estimate of drug-likeness (QED) is 0.657. The lowest BCUT2D eigenvalue weighted by molar-refractivity contribution is -0.384. The van der Waals surface area contributed by atoms with Gasteiger partial charge < -0.3 is 5.32 Å². The van der Waals surface area contributed by atoms with Crippen LogP contribution in [0.5, 0.6) is 0 Å². The van der Waals surface area contributed by atoms with Gasteiger partial charge in [0.15, 0.2) is 0 Å². The van der Waals surface area contributed by atoms with Gasteiger partial charge in [-0.2, -0.15) is 0 Å². The van der Waals surface area contributed by atoms with Crippen LogP contribution in [0.15, 0.2) is 12.1 Å². The summed E-state index contributed by atoms with van der Waals surface area (Å²) in [5.41, 5.74) is 1.73. The van der Waals surface area contributed by atoms with E-state index >= 15 is 0 Å². The Kier molecular flexibility index (Phi) is 3.52. The number of nitro benzene ring substituents is 1. The van der Waals surface area contributed by atoms with Crippen LogP contribution in [0.25, 0.3) is 0 Å². The number of nitro groups is 1. The number of nitrogens with zero attached hydrogens (tertiary/aromatic N) is 1. The van der Waals surface area contributed by atoms with E-state index in [1.807, 2.05) is 6.92 Å². The molecule has 1 N–H and O–H groups in total. The van der Waals surface area contributed by atoms with Gasteiger partial charge >= 0.3 is 0 Å². The fraction of sp³-hybridized carbons (Fsp3) is 0.500. The number of halogens is 1. The molecule has 5 heteroatoms. The van der Waals surface area contributed by atoms with E-state index in [0.29, 0.717) is 0 Å². The van der Waals surface area contributed by atoms with Gasteiger partial charge in [0.05, 0.1) is 4.92 Å². The Hall–Kier alpha value is -1.29. The molecule has 17 heavy (non-hydrogen) atoms. The third kappa shape index (κ3) is 2.69. The van der Waals surface area contributed by atoms with Crippen LogP contribution in [0.2, 0.25) is 5.02 Å². The van der Waals surface area contributed by atoms with E-state index in [0.717, 1.165) is 23.7 Å². The van der Waals surface area contributed by atoms with Crippen molar-refractivity contribution in [3.63, 3.8) is 0 Å². The second kappa shape index (κ2) is 4.92. The van der Waals surface area contributed by atoms with E-state index in [9.17, 15) is 10.1 Å². The van der Waals surface area contributed by atoms with Gasteiger partial charge in [-0.25, -0.2) is 0 Å². The number of anilines is 1. The predicted molar refractivity (Wildman–Crippen MR) is 68.7 cm³/mol. The van der Waals surface area contributed by atoms with Gasteiger partial charge in [-0.05, 0) is 37.3 Å². The van der Waals surface area contributed by atoms with Crippen LogP contribution < -0.4 is 5.32 Å². The molecule has 1 aliphatic rings. The zero-order chi connectivity index (χ0) is 12.4. The molecular formula is C12H15ClN2O2. The SMILES string of the molecule is Cc1cc([N+](=O)[O-])c(Cl)cc1NCC1CCC1. The van der Waals surface area contributed by atoms with E-state index in [-0.39, 0.29) is 10.7 Å². The smallest absolute Gasteiger partial charge is 0.288 e. The van der Waals surface area contributed by atoms with Gasteiger partial charge in [-0.3, -0.25) is 10.1 Å². The van der Waals surface area contributed by atoms with Gasteiger partial charge in [-0.15, -0.1) is 0 Å². The van der Waals surface area contributed by atoms with Crippen molar-refractivity contribution < 1.29 is 4.92 Å². The third-order valence-electron chi connectivity index (χ3n) is 3.30. The van der Waals surface area contributed by atoms with Crippen molar-refractivity contribution in [1.82, 2.24) is 0 Å². The molecule has 0 amide bonds. The normalized spacial score (nSPS) is 15.4. The zero-order valence-corrected chi connectivity index (χ0v) is 10.5. The number of rotatable bonds is 4. The van der Waals surface area contributed by atoms with E-state index in [1.54, 1.807) is 6.07 Å². The van der Waals surface area contributed by atoms with E-state index < -0.39 is 4.92 Å². The maximum atomic E-state index is 10.7. The van der Waals surface area contributed by atoms with Crippen LogP contribution in [0, 0.1) is 23.0 Å². The highest BCUT2D eigenvalue weighted by Gasteiger charge is 2.18. The van der Waals surface area contributed by atoms with Crippen LogP contribution in [0.4, 0.5) is 11.4 Å². The standard InChI is InChI=1S/C12H15ClN2O2/c1-8-5-12(15(16)17)10(13)6-11(8)14-7-9-3-2-4-9/h5-6,9,14H,2-4,7H2,1H3.